The van der Waals surface area contributed by atoms with Crippen LogP contribution >= 0.6 is 11.6 Å². The standard InChI is InChI=1S/C13H17ClFN3O/c14-11-7(16)6-8(17)13(12(11)15)18-4-5-19-10-3-1-2-9(10)18/h6,9-10H,1-5,16-17H2. The number of rotatable bonds is 1. The van der Waals surface area contributed by atoms with Crippen LogP contribution < -0.4 is 16.4 Å². The molecule has 6 heteroatoms. The third-order valence-corrected chi connectivity index (χ3v) is 4.39. The first-order valence-electron chi connectivity index (χ1n) is 6.50. The van der Waals surface area contributed by atoms with Crippen molar-refractivity contribution in [3.8, 4) is 0 Å². The fourth-order valence-corrected chi connectivity index (χ4v) is 3.30. The van der Waals surface area contributed by atoms with E-state index in [-0.39, 0.29) is 22.9 Å². The van der Waals surface area contributed by atoms with Gasteiger partial charge in [0.15, 0.2) is 5.82 Å². The number of anilines is 3. The van der Waals surface area contributed by atoms with Gasteiger partial charge in [0.1, 0.15) is 5.02 Å². The molecule has 0 spiro atoms. The summed E-state index contributed by atoms with van der Waals surface area (Å²) in [5, 5.41) is -0.0507. The van der Waals surface area contributed by atoms with Crippen LogP contribution in [0.5, 0.6) is 0 Å². The molecule has 1 saturated heterocycles. The molecule has 0 radical (unpaired) electrons. The van der Waals surface area contributed by atoms with E-state index in [1.54, 1.807) is 0 Å². The lowest BCUT2D eigenvalue weighted by atomic mass is 10.1. The molecule has 19 heavy (non-hydrogen) atoms. The van der Waals surface area contributed by atoms with Crippen molar-refractivity contribution in [2.45, 2.75) is 31.4 Å². The maximum Gasteiger partial charge on any atom is 0.169 e. The van der Waals surface area contributed by atoms with Crippen LogP contribution in [-0.2, 0) is 4.74 Å². The van der Waals surface area contributed by atoms with E-state index in [4.69, 9.17) is 27.8 Å². The fraction of sp³-hybridized carbons (Fsp3) is 0.538. The number of hydrogen-bond donors (Lipinski definition) is 2. The molecule has 2 atom stereocenters. The predicted octanol–water partition coefficient (Wildman–Crippen LogP) is 2.40. The Labute approximate surface area is 116 Å². The van der Waals surface area contributed by atoms with Crippen LogP contribution in [0.2, 0.25) is 5.02 Å². The maximum atomic E-state index is 14.4. The Hall–Kier alpha value is -1.20. The monoisotopic (exact) mass is 285 g/mol. The lowest BCUT2D eigenvalue weighted by molar-refractivity contribution is 0.0254. The van der Waals surface area contributed by atoms with E-state index < -0.39 is 5.82 Å². The minimum atomic E-state index is -0.522. The number of nitrogens with two attached hydrogens (primary N) is 2. The van der Waals surface area contributed by atoms with E-state index in [0.29, 0.717) is 24.5 Å². The third kappa shape index (κ3) is 2.01. The van der Waals surface area contributed by atoms with Gasteiger partial charge in [0.05, 0.1) is 35.8 Å². The maximum absolute atomic E-state index is 14.4. The Balaban J connectivity index is 2.04. The van der Waals surface area contributed by atoms with Gasteiger partial charge in [0.25, 0.3) is 0 Å². The molecule has 1 aromatic rings. The minimum absolute atomic E-state index is 0.0507. The molecular weight excluding hydrogens is 269 g/mol. The zero-order chi connectivity index (χ0) is 13.6. The smallest absolute Gasteiger partial charge is 0.169 e. The molecule has 1 heterocycles. The van der Waals surface area contributed by atoms with Gasteiger partial charge in [-0.2, -0.15) is 0 Å². The molecule has 0 bridgehead atoms. The summed E-state index contributed by atoms with van der Waals surface area (Å²) in [7, 11) is 0. The highest BCUT2D eigenvalue weighted by Gasteiger charge is 2.38. The van der Waals surface area contributed by atoms with E-state index in [1.807, 2.05) is 4.90 Å². The molecule has 0 aromatic heterocycles. The van der Waals surface area contributed by atoms with Gasteiger partial charge >= 0.3 is 0 Å². The second-order valence-electron chi connectivity index (χ2n) is 5.13. The summed E-state index contributed by atoms with van der Waals surface area (Å²) in [5.41, 5.74) is 12.5. The van der Waals surface area contributed by atoms with Gasteiger partial charge in [-0.15, -0.1) is 0 Å². The summed E-state index contributed by atoms with van der Waals surface area (Å²) in [4.78, 5) is 2.00. The quantitative estimate of drug-likeness (QED) is 0.778. The van der Waals surface area contributed by atoms with E-state index in [0.717, 1.165) is 19.3 Å². The van der Waals surface area contributed by atoms with Crippen molar-refractivity contribution < 1.29 is 9.13 Å². The number of halogens is 2. The van der Waals surface area contributed by atoms with Crippen molar-refractivity contribution in [1.82, 2.24) is 0 Å². The molecule has 0 amide bonds. The normalized spacial score (nSPS) is 26.5. The molecule has 2 aliphatic rings. The Kier molecular flexibility index (Phi) is 3.19. The molecule has 1 aliphatic heterocycles. The number of benzene rings is 1. The van der Waals surface area contributed by atoms with Crippen LogP contribution in [0.3, 0.4) is 0 Å². The number of nitrogen functional groups attached to an aromatic ring is 2. The molecule has 1 aromatic carbocycles. The van der Waals surface area contributed by atoms with Gasteiger partial charge in [-0.05, 0) is 25.3 Å². The average molecular weight is 286 g/mol. The fourth-order valence-electron chi connectivity index (χ4n) is 3.15. The first-order chi connectivity index (χ1) is 9.09. The lowest BCUT2D eigenvalue weighted by Gasteiger charge is -2.40. The Morgan fingerprint density at radius 3 is 2.89 bits per heavy atom. The van der Waals surface area contributed by atoms with Crippen molar-refractivity contribution in [2.75, 3.05) is 29.5 Å². The van der Waals surface area contributed by atoms with Crippen molar-refractivity contribution in [3.05, 3.63) is 16.9 Å². The highest BCUT2D eigenvalue weighted by atomic mass is 35.5. The number of nitrogens with zero attached hydrogens (tertiary/aromatic N) is 1. The van der Waals surface area contributed by atoms with Crippen LogP contribution in [0.4, 0.5) is 21.5 Å². The molecule has 2 fully saturated rings. The number of hydrogen-bond acceptors (Lipinski definition) is 4. The largest absolute Gasteiger partial charge is 0.397 e. The second-order valence-corrected chi connectivity index (χ2v) is 5.51. The van der Waals surface area contributed by atoms with Crippen molar-refractivity contribution in [1.29, 1.82) is 0 Å². The summed E-state index contributed by atoms with van der Waals surface area (Å²) in [5.74, 6) is -0.522. The van der Waals surface area contributed by atoms with Gasteiger partial charge in [-0.25, -0.2) is 4.39 Å². The number of morpholine rings is 1. The molecule has 104 valence electrons. The summed E-state index contributed by atoms with van der Waals surface area (Å²) in [6.45, 7) is 1.21. The molecule has 4 N–H and O–H groups in total. The summed E-state index contributed by atoms with van der Waals surface area (Å²) in [6, 6.07) is 1.71. The van der Waals surface area contributed by atoms with E-state index in [1.165, 1.54) is 6.07 Å². The van der Waals surface area contributed by atoms with Gasteiger partial charge in [-0.1, -0.05) is 11.6 Å². The first kappa shape index (κ1) is 12.8. The van der Waals surface area contributed by atoms with Crippen LogP contribution in [0.1, 0.15) is 19.3 Å². The highest BCUT2D eigenvalue weighted by molar-refractivity contribution is 6.33. The van der Waals surface area contributed by atoms with Crippen molar-refractivity contribution >= 4 is 28.7 Å². The molecule has 2 unspecified atom stereocenters. The topological polar surface area (TPSA) is 64.5 Å². The van der Waals surface area contributed by atoms with Crippen LogP contribution in [0, 0.1) is 5.82 Å². The average Bonchev–Trinajstić information content (AvgIpc) is 2.85. The molecule has 1 saturated carbocycles. The molecule has 1 aliphatic carbocycles. The molecule has 4 nitrogen and oxygen atoms in total. The van der Waals surface area contributed by atoms with Gasteiger partial charge < -0.3 is 21.1 Å². The molecule has 3 rings (SSSR count). The summed E-state index contributed by atoms with van der Waals surface area (Å²) in [6.07, 6.45) is 3.27. The lowest BCUT2D eigenvalue weighted by Crippen LogP contribution is -2.49. The summed E-state index contributed by atoms with van der Waals surface area (Å²) >= 11 is 5.90. The van der Waals surface area contributed by atoms with Crippen LogP contribution in [-0.4, -0.2) is 25.3 Å². The minimum Gasteiger partial charge on any atom is -0.397 e. The first-order valence-corrected chi connectivity index (χ1v) is 6.88. The number of fused-ring (bicyclic) bond motifs is 1. The SMILES string of the molecule is Nc1cc(N)c(N2CCOC3CCCC32)c(F)c1Cl. The van der Waals surface area contributed by atoms with Gasteiger partial charge in [0.2, 0.25) is 0 Å². The Bertz CT molecular complexity index is 511. The molecular formula is C13H17ClFN3O. The zero-order valence-electron chi connectivity index (χ0n) is 10.5. The Morgan fingerprint density at radius 1 is 1.32 bits per heavy atom. The van der Waals surface area contributed by atoms with Crippen molar-refractivity contribution in [3.63, 3.8) is 0 Å². The van der Waals surface area contributed by atoms with Gasteiger partial charge in [0, 0.05) is 6.54 Å². The summed E-state index contributed by atoms with van der Waals surface area (Å²) < 4.78 is 20.1. The third-order valence-electron chi connectivity index (χ3n) is 4.01. The van der Waals surface area contributed by atoms with Gasteiger partial charge in [-0.3, -0.25) is 0 Å². The highest BCUT2D eigenvalue weighted by Crippen LogP contribution is 2.41. The Morgan fingerprint density at radius 2 is 2.11 bits per heavy atom. The van der Waals surface area contributed by atoms with E-state index in [9.17, 15) is 4.39 Å². The van der Waals surface area contributed by atoms with E-state index in [2.05, 4.69) is 0 Å². The second kappa shape index (κ2) is 4.72. The van der Waals surface area contributed by atoms with Crippen LogP contribution in [0.25, 0.3) is 0 Å². The number of ether oxygens (including phenoxy) is 1. The zero-order valence-corrected chi connectivity index (χ0v) is 11.3. The van der Waals surface area contributed by atoms with E-state index >= 15 is 0 Å². The van der Waals surface area contributed by atoms with Crippen LogP contribution in [0.15, 0.2) is 6.07 Å². The predicted molar refractivity (Wildman–Crippen MR) is 75.0 cm³/mol. The van der Waals surface area contributed by atoms with Crippen molar-refractivity contribution in [2.24, 2.45) is 0 Å².